The Bertz CT molecular complexity index is 483. The van der Waals surface area contributed by atoms with Gasteiger partial charge in [0, 0.05) is 50.3 Å². The highest BCUT2D eigenvalue weighted by atomic mass is 15.3. The summed E-state index contributed by atoms with van der Waals surface area (Å²) < 4.78 is 4.13. The van der Waals surface area contributed by atoms with Crippen molar-refractivity contribution in [1.82, 2.24) is 14.3 Å². The summed E-state index contributed by atoms with van der Waals surface area (Å²) in [6, 6.07) is 4.37. The monoisotopic (exact) mass is 246 g/mol. The molecule has 0 aliphatic carbocycles. The number of nitrogens with two attached hydrogens (primary N) is 1. The molecule has 2 N–H and O–H groups in total. The lowest BCUT2D eigenvalue weighted by Crippen LogP contribution is -2.09. The van der Waals surface area contributed by atoms with Gasteiger partial charge in [-0.15, -0.1) is 0 Å². The molecular weight excluding hydrogens is 224 g/mol. The standard InChI is InChI=1S/C14H22N4/c1-3-4-14(15)12-6-9-18(11-12)10-7-13-5-8-16-17(13)2/h5-6,8-9,11,14H,3-4,7,10,15H2,1-2H3. The molecule has 0 aromatic carbocycles. The maximum absolute atomic E-state index is 6.11. The zero-order valence-electron chi connectivity index (χ0n) is 11.2. The van der Waals surface area contributed by atoms with Crippen LogP contribution in [0.25, 0.3) is 0 Å². The molecule has 0 spiro atoms. The summed E-state index contributed by atoms with van der Waals surface area (Å²) in [6.07, 6.45) is 9.28. The molecule has 2 aromatic heterocycles. The number of aryl methyl sites for hydroxylation is 3. The van der Waals surface area contributed by atoms with Gasteiger partial charge in [-0.2, -0.15) is 5.10 Å². The lowest BCUT2D eigenvalue weighted by Gasteiger charge is -2.07. The van der Waals surface area contributed by atoms with Crippen molar-refractivity contribution in [2.45, 2.75) is 38.8 Å². The molecule has 0 saturated carbocycles. The van der Waals surface area contributed by atoms with Gasteiger partial charge in [-0.05, 0) is 24.1 Å². The number of aromatic nitrogens is 3. The van der Waals surface area contributed by atoms with Crippen LogP contribution in [-0.4, -0.2) is 14.3 Å². The minimum Gasteiger partial charge on any atom is -0.354 e. The van der Waals surface area contributed by atoms with E-state index in [9.17, 15) is 0 Å². The van der Waals surface area contributed by atoms with Gasteiger partial charge in [0.15, 0.2) is 0 Å². The van der Waals surface area contributed by atoms with E-state index in [0.717, 1.165) is 25.8 Å². The van der Waals surface area contributed by atoms with Crippen molar-refractivity contribution in [2.24, 2.45) is 12.8 Å². The van der Waals surface area contributed by atoms with E-state index >= 15 is 0 Å². The van der Waals surface area contributed by atoms with E-state index in [1.165, 1.54) is 11.3 Å². The first kappa shape index (κ1) is 12.9. The summed E-state index contributed by atoms with van der Waals surface area (Å²) in [5, 5.41) is 4.17. The van der Waals surface area contributed by atoms with Gasteiger partial charge in [-0.3, -0.25) is 4.68 Å². The highest BCUT2D eigenvalue weighted by Gasteiger charge is 2.06. The fourth-order valence-corrected chi connectivity index (χ4v) is 2.19. The van der Waals surface area contributed by atoms with Gasteiger partial charge in [0.1, 0.15) is 0 Å². The number of nitrogens with zero attached hydrogens (tertiary/aromatic N) is 3. The van der Waals surface area contributed by atoms with Gasteiger partial charge in [0.25, 0.3) is 0 Å². The molecule has 2 heterocycles. The van der Waals surface area contributed by atoms with E-state index in [0.29, 0.717) is 0 Å². The molecule has 0 radical (unpaired) electrons. The van der Waals surface area contributed by atoms with Gasteiger partial charge in [-0.1, -0.05) is 13.3 Å². The van der Waals surface area contributed by atoms with E-state index < -0.39 is 0 Å². The van der Waals surface area contributed by atoms with Gasteiger partial charge in [0.05, 0.1) is 0 Å². The Balaban J connectivity index is 1.93. The first-order valence-corrected chi connectivity index (χ1v) is 6.59. The summed E-state index contributed by atoms with van der Waals surface area (Å²) >= 11 is 0. The van der Waals surface area contributed by atoms with Crippen molar-refractivity contribution in [3.05, 3.63) is 42.0 Å². The number of hydrogen-bond donors (Lipinski definition) is 1. The van der Waals surface area contributed by atoms with Crippen LogP contribution in [0.5, 0.6) is 0 Å². The van der Waals surface area contributed by atoms with Crippen LogP contribution in [0.2, 0.25) is 0 Å². The molecular formula is C14H22N4. The van der Waals surface area contributed by atoms with E-state index in [-0.39, 0.29) is 6.04 Å². The molecule has 0 saturated heterocycles. The highest BCUT2D eigenvalue weighted by Crippen LogP contribution is 2.16. The van der Waals surface area contributed by atoms with Gasteiger partial charge in [-0.25, -0.2) is 0 Å². The molecule has 2 rings (SSSR count). The van der Waals surface area contributed by atoms with Crippen LogP contribution in [0, 0.1) is 0 Å². The minimum atomic E-state index is 0.174. The quantitative estimate of drug-likeness (QED) is 0.850. The normalized spacial score (nSPS) is 12.8. The number of hydrogen-bond acceptors (Lipinski definition) is 2. The topological polar surface area (TPSA) is 48.8 Å². The van der Waals surface area contributed by atoms with Crippen LogP contribution >= 0.6 is 0 Å². The van der Waals surface area contributed by atoms with Crippen LogP contribution in [0.4, 0.5) is 0 Å². The van der Waals surface area contributed by atoms with Crippen molar-refractivity contribution in [2.75, 3.05) is 0 Å². The Morgan fingerprint density at radius 3 is 2.89 bits per heavy atom. The van der Waals surface area contributed by atoms with Crippen LogP contribution in [0.15, 0.2) is 30.7 Å². The Kier molecular flexibility index (Phi) is 4.20. The van der Waals surface area contributed by atoms with Crippen molar-refractivity contribution < 1.29 is 0 Å². The fourth-order valence-electron chi connectivity index (χ4n) is 2.19. The Morgan fingerprint density at radius 2 is 2.22 bits per heavy atom. The summed E-state index contributed by atoms with van der Waals surface area (Å²) in [7, 11) is 1.98. The molecule has 0 aliphatic heterocycles. The van der Waals surface area contributed by atoms with E-state index in [1.54, 1.807) is 0 Å². The molecule has 0 bridgehead atoms. The van der Waals surface area contributed by atoms with Crippen molar-refractivity contribution in [1.29, 1.82) is 0 Å². The fraction of sp³-hybridized carbons (Fsp3) is 0.500. The Hall–Kier alpha value is -1.55. The largest absolute Gasteiger partial charge is 0.354 e. The molecule has 4 heteroatoms. The van der Waals surface area contributed by atoms with Crippen LogP contribution in [0.1, 0.15) is 37.1 Å². The first-order chi connectivity index (χ1) is 8.70. The Morgan fingerprint density at radius 1 is 1.39 bits per heavy atom. The van der Waals surface area contributed by atoms with Crippen molar-refractivity contribution >= 4 is 0 Å². The second-order valence-electron chi connectivity index (χ2n) is 4.77. The average molecular weight is 246 g/mol. The number of rotatable bonds is 6. The van der Waals surface area contributed by atoms with Crippen molar-refractivity contribution in [3.8, 4) is 0 Å². The predicted octanol–water partition coefficient (Wildman–Crippen LogP) is 2.26. The lowest BCUT2D eigenvalue weighted by molar-refractivity contribution is 0.621. The highest BCUT2D eigenvalue weighted by molar-refractivity contribution is 5.15. The second-order valence-corrected chi connectivity index (χ2v) is 4.77. The molecule has 0 aliphatic rings. The van der Waals surface area contributed by atoms with Crippen LogP contribution < -0.4 is 5.73 Å². The maximum atomic E-state index is 6.11. The first-order valence-electron chi connectivity index (χ1n) is 6.59. The van der Waals surface area contributed by atoms with E-state index in [2.05, 4.69) is 41.1 Å². The van der Waals surface area contributed by atoms with Gasteiger partial charge < -0.3 is 10.3 Å². The maximum Gasteiger partial charge on any atom is 0.0492 e. The van der Waals surface area contributed by atoms with Crippen LogP contribution in [-0.2, 0) is 20.0 Å². The molecule has 0 amide bonds. The third kappa shape index (κ3) is 3.01. The summed E-state index contributed by atoms with van der Waals surface area (Å²) in [5.74, 6) is 0. The van der Waals surface area contributed by atoms with Gasteiger partial charge >= 0.3 is 0 Å². The molecule has 0 fully saturated rings. The van der Waals surface area contributed by atoms with Crippen molar-refractivity contribution in [3.63, 3.8) is 0 Å². The lowest BCUT2D eigenvalue weighted by atomic mass is 10.1. The Labute approximate surface area is 108 Å². The molecule has 18 heavy (non-hydrogen) atoms. The molecule has 1 atom stereocenters. The zero-order valence-corrected chi connectivity index (χ0v) is 11.2. The van der Waals surface area contributed by atoms with E-state index in [1.807, 2.05) is 17.9 Å². The predicted molar refractivity (Wildman–Crippen MR) is 73.2 cm³/mol. The third-order valence-corrected chi connectivity index (χ3v) is 3.35. The SMILES string of the molecule is CCCC(N)c1ccn(CCc2ccnn2C)c1. The average Bonchev–Trinajstić information content (AvgIpc) is 2.96. The smallest absolute Gasteiger partial charge is 0.0492 e. The molecule has 2 aromatic rings. The van der Waals surface area contributed by atoms with E-state index in [4.69, 9.17) is 5.73 Å². The summed E-state index contributed by atoms with van der Waals surface area (Å²) in [6.45, 7) is 3.14. The van der Waals surface area contributed by atoms with Crippen LogP contribution in [0.3, 0.4) is 0 Å². The zero-order chi connectivity index (χ0) is 13.0. The minimum absolute atomic E-state index is 0.174. The molecule has 98 valence electrons. The molecule has 1 unspecified atom stereocenters. The summed E-state index contributed by atoms with van der Waals surface area (Å²) in [4.78, 5) is 0. The molecule has 4 nitrogen and oxygen atoms in total. The van der Waals surface area contributed by atoms with Gasteiger partial charge in [0.2, 0.25) is 0 Å². The third-order valence-electron chi connectivity index (χ3n) is 3.35. The summed E-state index contributed by atoms with van der Waals surface area (Å²) in [5.41, 5.74) is 8.60. The second kappa shape index (κ2) is 5.87.